The summed E-state index contributed by atoms with van der Waals surface area (Å²) in [6.45, 7) is 2.77. The third kappa shape index (κ3) is 2.73. The van der Waals surface area contributed by atoms with E-state index in [-0.39, 0.29) is 12.1 Å². The van der Waals surface area contributed by atoms with Crippen LogP contribution in [0, 0.1) is 6.92 Å². The van der Waals surface area contributed by atoms with Gasteiger partial charge in [0.25, 0.3) is 0 Å². The van der Waals surface area contributed by atoms with Crippen molar-refractivity contribution >= 4 is 22.8 Å². The molecule has 0 aliphatic carbocycles. The molecule has 4 rings (SSSR count). The Kier molecular flexibility index (Phi) is 3.69. The number of amides is 2. The SMILES string of the molecule is Cc1cccc(NC(=O)N2CCCC2c2nc3ccccc3[nH]2)c1. The number of nitrogens with zero attached hydrogens (tertiary/aromatic N) is 2. The van der Waals surface area contributed by atoms with Crippen LogP contribution < -0.4 is 5.32 Å². The van der Waals surface area contributed by atoms with Crippen LogP contribution in [0.1, 0.15) is 30.3 Å². The molecule has 3 aromatic rings. The smallest absolute Gasteiger partial charge is 0.322 e. The second-order valence-electron chi connectivity index (χ2n) is 6.29. The summed E-state index contributed by atoms with van der Waals surface area (Å²) in [6.07, 6.45) is 1.92. The molecule has 2 aromatic carbocycles. The van der Waals surface area contributed by atoms with Crippen LogP contribution in [0.2, 0.25) is 0 Å². The Labute approximate surface area is 140 Å². The van der Waals surface area contributed by atoms with E-state index in [9.17, 15) is 4.79 Å². The first-order valence-corrected chi connectivity index (χ1v) is 8.30. The van der Waals surface area contributed by atoms with E-state index in [4.69, 9.17) is 0 Å². The first-order valence-electron chi connectivity index (χ1n) is 8.30. The number of urea groups is 1. The summed E-state index contributed by atoms with van der Waals surface area (Å²) in [7, 11) is 0. The summed E-state index contributed by atoms with van der Waals surface area (Å²) >= 11 is 0. The molecule has 24 heavy (non-hydrogen) atoms. The van der Waals surface area contributed by atoms with Gasteiger partial charge in [0.05, 0.1) is 17.1 Å². The zero-order valence-electron chi connectivity index (χ0n) is 13.6. The molecule has 1 atom stereocenters. The van der Waals surface area contributed by atoms with Crippen LogP contribution in [-0.4, -0.2) is 27.4 Å². The van der Waals surface area contributed by atoms with Crippen LogP contribution in [0.15, 0.2) is 48.5 Å². The van der Waals surface area contributed by atoms with Crippen LogP contribution in [-0.2, 0) is 0 Å². The topological polar surface area (TPSA) is 61.0 Å². The Morgan fingerprint density at radius 2 is 2.12 bits per heavy atom. The van der Waals surface area contributed by atoms with Gasteiger partial charge in [-0.1, -0.05) is 24.3 Å². The zero-order valence-corrected chi connectivity index (χ0v) is 13.6. The van der Waals surface area contributed by atoms with Crippen LogP contribution in [0.4, 0.5) is 10.5 Å². The molecule has 5 heteroatoms. The number of hydrogen-bond donors (Lipinski definition) is 2. The molecule has 1 aromatic heterocycles. The van der Waals surface area contributed by atoms with Crippen LogP contribution in [0.5, 0.6) is 0 Å². The lowest BCUT2D eigenvalue weighted by atomic mass is 10.2. The highest BCUT2D eigenvalue weighted by molar-refractivity contribution is 5.90. The van der Waals surface area contributed by atoms with Crippen LogP contribution >= 0.6 is 0 Å². The fourth-order valence-electron chi connectivity index (χ4n) is 3.34. The maximum atomic E-state index is 12.7. The van der Waals surface area contributed by atoms with E-state index in [2.05, 4.69) is 15.3 Å². The number of aromatic nitrogens is 2. The van der Waals surface area contributed by atoms with Gasteiger partial charge in [0.1, 0.15) is 5.82 Å². The minimum Gasteiger partial charge on any atom is -0.340 e. The summed E-state index contributed by atoms with van der Waals surface area (Å²) in [6, 6.07) is 15.8. The van der Waals surface area contributed by atoms with E-state index in [1.807, 2.05) is 60.4 Å². The third-order valence-electron chi connectivity index (χ3n) is 4.51. The molecule has 1 fully saturated rings. The molecule has 1 unspecified atom stereocenters. The average molecular weight is 320 g/mol. The number of benzene rings is 2. The summed E-state index contributed by atoms with van der Waals surface area (Å²) in [5.41, 5.74) is 3.91. The van der Waals surface area contributed by atoms with Gasteiger partial charge in [0.2, 0.25) is 0 Å². The minimum atomic E-state index is -0.0662. The van der Waals surface area contributed by atoms with Gasteiger partial charge in [-0.15, -0.1) is 0 Å². The number of hydrogen-bond acceptors (Lipinski definition) is 2. The summed E-state index contributed by atoms with van der Waals surface area (Å²) in [4.78, 5) is 22.6. The van der Waals surface area contributed by atoms with Crippen molar-refractivity contribution in [3.63, 3.8) is 0 Å². The van der Waals surface area contributed by atoms with E-state index in [0.29, 0.717) is 0 Å². The Morgan fingerprint density at radius 3 is 2.96 bits per heavy atom. The predicted molar refractivity (Wildman–Crippen MR) is 95.0 cm³/mol. The third-order valence-corrected chi connectivity index (χ3v) is 4.51. The second kappa shape index (κ2) is 6.00. The standard InChI is InChI=1S/C19H20N4O/c1-13-6-4-7-14(12-13)20-19(24)23-11-5-10-17(23)18-21-15-8-2-3-9-16(15)22-18/h2-4,6-9,12,17H,5,10-11H2,1H3,(H,20,24)(H,21,22). The summed E-state index contributed by atoms with van der Waals surface area (Å²) in [5, 5.41) is 3.00. The molecule has 1 aliphatic rings. The number of aryl methyl sites for hydroxylation is 1. The number of para-hydroxylation sites is 2. The van der Waals surface area contributed by atoms with Gasteiger partial charge in [0.15, 0.2) is 0 Å². The molecule has 122 valence electrons. The van der Waals surface area contributed by atoms with Gasteiger partial charge in [-0.25, -0.2) is 9.78 Å². The highest BCUT2D eigenvalue weighted by Gasteiger charge is 2.32. The van der Waals surface area contributed by atoms with Gasteiger partial charge in [-0.2, -0.15) is 0 Å². The predicted octanol–water partition coefficient (Wildman–Crippen LogP) is 4.24. The van der Waals surface area contributed by atoms with Crippen LogP contribution in [0.25, 0.3) is 11.0 Å². The minimum absolute atomic E-state index is 0.00205. The van der Waals surface area contributed by atoms with Crippen molar-refractivity contribution in [1.82, 2.24) is 14.9 Å². The lowest BCUT2D eigenvalue weighted by Gasteiger charge is -2.23. The number of nitrogens with one attached hydrogen (secondary N) is 2. The molecule has 0 saturated carbocycles. The number of carbonyl (C=O) groups is 1. The van der Waals surface area contributed by atoms with Crippen molar-refractivity contribution in [2.75, 3.05) is 11.9 Å². The first kappa shape index (κ1) is 14.8. The Balaban J connectivity index is 1.56. The fourth-order valence-corrected chi connectivity index (χ4v) is 3.34. The van der Waals surface area contributed by atoms with E-state index in [1.54, 1.807) is 0 Å². The van der Waals surface area contributed by atoms with E-state index >= 15 is 0 Å². The molecule has 2 heterocycles. The Hall–Kier alpha value is -2.82. The Morgan fingerprint density at radius 1 is 1.25 bits per heavy atom. The number of carbonyl (C=O) groups excluding carboxylic acids is 1. The zero-order chi connectivity index (χ0) is 16.5. The van der Waals surface area contributed by atoms with Gasteiger partial charge in [0, 0.05) is 12.2 Å². The van der Waals surface area contributed by atoms with Gasteiger partial charge in [-0.05, 0) is 49.6 Å². The van der Waals surface area contributed by atoms with Gasteiger partial charge in [-0.3, -0.25) is 0 Å². The molecule has 5 nitrogen and oxygen atoms in total. The highest BCUT2D eigenvalue weighted by Crippen LogP contribution is 2.31. The van der Waals surface area contributed by atoms with Gasteiger partial charge < -0.3 is 15.2 Å². The maximum absolute atomic E-state index is 12.7. The van der Waals surface area contributed by atoms with Gasteiger partial charge >= 0.3 is 6.03 Å². The monoisotopic (exact) mass is 320 g/mol. The van der Waals surface area contributed by atoms with Crippen molar-refractivity contribution in [3.05, 3.63) is 59.9 Å². The lowest BCUT2D eigenvalue weighted by Crippen LogP contribution is -2.34. The fraction of sp³-hybridized carbons (Fsp3) is 0.263. The number of rotatable bonds is 2. The lowest BCUT2D eigenvalue weighted by molar-refractivity contribution is 0.205. The molecule has 1 saturated heterocycles. The molecule has 2 N–H and O–H groups in total. The largest absolute Gasteiger partial charge is 0.340 e. The Bertz CT molecular complexity index is 853. The number of fused-ring (bicyclic) bond motifs is 1. The molecule has 2 amide bonds. The van der Waals surface area contributed by atoms with E-state index in [1.165, 1.54) is 0 Å². The highest BCUT2D eigenvalue weighted by atomic mass is 16.2. The van der Waals surface area contributed by atoms with Crippen molar-refractivity contribution in [3.8, 4) is 0 Å². The van der Waals surface area contributed by atoms with E-state index in [0.717, 1.165) is 47.5 Å². The van der Waals surface area contributed by atoms with Crippen molar-refractivity contribution in [2.45, 2.75) is 25.8 Å². The van der Waals surface area contributed by atoms with Crippen molar-refractivity contribution in [2.24, 2.45) is 0 Å². The van der Waals surface area contributed by atoms with Crippen molar-refractivity contribution in [1.29, 1.82) is 0 Å². The quantitative estimate of drug-likeness (QED) is 0.742. The average Bonchev–Trinajstić information content (AvgIpc) is 3.21. The summed E-state index contributed by atoms with van der Waals surface area (Å²) in [5.74, 6) is 0.869. The normalized spacial score (nSPS) is 17.4. The molecule has 0 bridgehead atoms. The van der Waals surface area contributed by atoms with Crippen LogP contribution in [0.3, 0.4) is 0 Å². The molecular formula is C19H20N4O. The molecular weight excluding hydrogens is 300 g/mol. The first-order chi connectivity index (χ1) is 11.7. The number of likely N-dealkylation sites (tertiary alicyclic amines) is 1. The number of aromatic amines is 1. The molecule has 0 spiro atoms. The number of imidazole rings is 1. The summed E-state index contributed by atoms with van der Waals surface area (Å²) < 4.78 is 0. The number of H-pyrrole nitrogens is 1. The van der Waals surface area contributed by atoms with Crippen molar-refractivity contribution < 1.29 is 4.79 Å². The van der Waals surface area contributed by atoms with E-state index < -0.39 is 0 Å². The molecule has 0 radical (unpaired) electrons. The second-order valence-corrected chi connectivity index (χ2v) is 6.29. The molecule has 1 aliphatic heterocycles. The number of anilines is 1. The maximum Gasteiger partial charge on any atom is 0.322 e.